The van der Waals surface area contributed by atoms with Crippen molar-refractivity contribution in [3.8, 4) is 28.1 Å². The van der Waals surface area contributed by atoms with Crippen LogP contribution in [0.5, 0.6) is 0 Å². The number of pyridine rings is 1. The third-order valence-electron chi connectivity index (χ3n) is 10.4. The van der Waals surface area contributed by atoms with Crippen molar-refractivity contribution in [3.63, 3.8) is 0 Å². The van der Waals surface area contributed by atoms with Crippen LogP contribution in [0, 0.1) is 6.92 Å². The Morgan fingerprint density at radius 3 is 2.28 bits per heavy atom. The van der Waals surface area contributed by atoms with Crippen molar-refractivity contribution < 1.29 is 4.57 Å². The lowest BCUT2D eigenvalue weighted by Crippen LogP contribution is -2.35. The van der Waals surface area contributed by atoms with Gasteiger partial charge in [0.05, 0.1) is 18.8 Å². The van der Waals surface area contributed by atoms with Crippen molar-refractivity contribution in [2.75, 3.05) is 0 Å². The quantitative estimate of drug-likeness (QED) is 0.169. The van der Waals surface area contributed by atoms with Crippen LogP contribution in [0.25, 0.3) is 66.9 Å². The summed E-state index contributed by atoms with van der Waals surface area (Å²) >= 11 is 0. The molecule has 1 aliphatic heterocycles. The fourth-order valence-electron chi connectivity index (χ4n) is 8.50. The number of hydrogen-bond donors (Lipinski definition) is 0. The predicted octanol–water partition coefficient (Wildman–Crippen LogP) is 9.92. The highest BCUT2D eigenvalue weighted by atomic mass is 15.2. The Morgan fingerprint density at radius 2 is 1.37 bits per heavy atom. The van der Waals surface area contributed by atoms with Gasteiger partial charge in [0, 0.05) is 44.8 Å². The number of aromatic nitrogens is 3. The molecule has 3 heteroatoms. The Bertz CT molecular complexity index is 2580. The minimum absolute atomic E-state index is 0.00364. The number of nitrogens with zero attached hydrogens (tertiary/aromatic N) is 3. The summed E-state index contributed by atoms with van der Waals surface area (Å²) in [4.78, 5) is 0. The summed E-state index contributed by atoms with van der Waals surface area (Å²) in [5.74, 6) is 1.27. The minimum Gasteiger partial charge on any atom is -0.328 e. The molecule has 2 bridgehead atoms. The molecular weight excluding hydrogens is 558 g/mol. The van der Waals surface area contributed by atoms with Gasteiger partial charge in [-0.05, 0) is 52.9 Å². The van der Waals surface area contributed by atoms with Gasteiger partial charge in [0.1, 0.15) is 17.3 Å². The summed E-state index contributed by atoms with van der Waals surface area (Å²) in [5, 5.41) is 3.89. The molecule has 5 aromatic carbocycles. The van der Waals surface area contributed by atoms with Gasteiger partial charge in [0.2, 0.25) is 0 Å². The standard InChI is InChI=1S/C43H32N3/c1-27-12-9-18-36-37-24-23-31-29-14-10-13-28(26-29)30-15-3-4-16-32(30)34-19-11-20-35-33-17-5-6-21-38(33)45(41(34)35)42(31)43(37)46(40(27)36)39-22-7-8-25-44(39)2/h3-26,31,42H,1-2H3/q+1. The third-order valence-corrected chi connectivity index (χ3v) is 10.4. The maximum Gasteiger partial charge on any atom is 0.286 e. The van der Waals surface area contributed by atoms with Crippen molar-refractivity contribution in [2.24, 2.45) is 7.05 Å². The largest absolute Gasteiger partial charge is 0.328 e. The molecular formula is C43H32N3+. The second kappa shape index (κ2) is 9.42. The Morgan fingerprint density at radius 1 is 0.630 bits per heavy atom. The van der Waals surface area contributed by atoms with E-state index >= 15 is 0 Å². The monoisotopic (exact) mass is 590 g/mol. The third kappa shape index (κ3) is 3.35. The van der Waals surface area contributed by atoms with Crippen LogP contribution >= 0.6 is 0 Å². The molecule has 4 heterocycles. The maximum atomic E-state index is 2.69. The van der Waals surface area contributed by atoms with Gasteiger partial charge in [-0.1, -0.05) is 115 Å². The highest BCUT2D eigenvalue weighted by molar-refractivity contribution is 6.14. The summed E-state index contributed by atoms with van der Waals surface area (Å²) < 4.78 is 7.51. The van der Waals surface area contributed by atoms with Gasteiger partial charge in [-0.2, -0.15) is 4.57 Å². The highest BCUT2D eigenvalue weighted by Gasteiger charge is 2.41. The molecule has 0 fully saturated rings. The molecule has 3 aromatic heterocycles. The van der Waals surface area contributed by atoms with Crippen molar-refractivity contribution in [3.05, 3.63) is 162 Å². The van der Waals surface area contributed by atoms with E-state index in [4.69, 9.17) is 0 Å². The van der Waals surface area contributed by atoms with Gasteiger partial charge in [-0.25, -0.2) is 4.57 Å². The fraction of sp³-hybridized carbons (Fsp3) is 0.0930. The van der Waals surface area contributed by atoms with Gasteiger partial charge in [0.25, 0.3) is 5.82 Å². The van der Waals surface area contributed by atoms with Crippen LogP contribution in [-0.2, 0) is 7.05 Å². The number of benzene rings is 5. The molecule has 1 aliphatic carbocycles. The van der Waals surface area contributed by atoms with Gasteiger partial charge in [-0.3, -0.25) is 0 Å². The molecule has 0 N–H and O–H groups in total. The van der Waals surface area contributed by atoms with E-state index in [9.17, 15) is 0 Å². The topological polar surface area (TPSA) is 13.7 Å². The summed E-state index contributed by atoms with van der Waals surface area (Å²) in [7, 11) is 2.16. The van der Waals surface area contributed by atoms with Crippen LogP contribution in [0.1, 0.15) is 34.3 Å². The van der Waals surface area contributed by atoms with Gasteiger partial charge < -0.3 is 4.57 Å². The first kappa shape index (κ1) is 25.6. The molecule has 8 aromatic rings. The molecule has 46 heavy (non-hydrogen) atoms. The lowest BCUT2D eigenvalue weighted by Gasteiger charge is -2.32. The Hall–Kier alpha value is -5.67. The Balaban J connectivity index is 1.46. The van der Waals surface area contributed by atoms with Gasteiger partial charge >= 0.3 is 0 Å². The average Bonchev–Trinajstić information content (AvgIpc) is 3.62. The average molecular weight is 591 g/mol. The molecule has 218 valence electrons. The van der Waals surface area contributed by atoms with Gasteiger partial charge in [0.15, 0.2) is 0 Å². The predicted molar refractivity (Wildman–Crippen MR) is 189 cm³/mol. The summed E-state index contributed by atoms with van der Waals surface area (Å²) in [6.45, 7) is 2.25. The second-order valence-electron chi connectivity index (χ2n) is 12.9. The molecule has 3 nitrogen and oxygen atoms in total. The summed E-state index contributed by atoms with van der Waals surface area (Å²) in [6, 6.07) is 47.4. The number of allylic oxidation sites excluding steroid dienone is 1. The molecule has 0 radical (unpaired) electrons. The SMILES string of the molecule is Cc1cccc2c3c(n(-c4cccc[n+]4C)c12)C1C(C=C3)c2cccc(c2)-c2ccccc2-c2cccc3c4ccccc4n1c23. The Kier molecular flexibility index (Phi) is 5.25. The van der Waals surface area contributed by atoms with E-state index < -0.39 is 0 Å². The number of aryl methyl sites for hydroxylation is 2. The smallest absolute Gasteiger partial charge is 0.286 e. The number of hydrogen-bond acceptors (Lipinski definition) is 0. The zero-order valence-corrected chi connectivity index (χ0v) is 25.9. The van der Waals surface area contributed by atoms with Crippen LogP contribution < -0.4 is 4.57 Å². The summed E-state index contributed by atoms with van der Waals surface area (Å²) in [5.41, 5.74) is 14.2. The lowest BCUT2D eigenvalue weighted by molar-refractivity contribution is -0.665. The zero-order chi connectivity index (χ0) is 30.5. The molecule has 2 atom stereocenters. The van der Waals surface area contributed by atoms with E-state index in [0.29, 0.717) is 0 Å². The van der Waals surface area contributed by atoms with E-state index in [0.717, 1.165) is 5.82 Å². The van der Waals surface area contributed by atoms with Crippen molar-refractivity contribution in [2.45, 2.75) is 18.9 Å². The second-order valence-corrected chi connectivity index (χ2v) is 12.9. The molecule has 0 saturated carbocycles. The van der Waals surface area contributed by atoms with E-state index in [2.05, 4.69) is 173 Å². The number of rotatable bonds is 1. The minimum atomic E-state index is -0.00364. The fourth-order valence-corrected chi connectivity index (χ4v) is 8.50. The first-order valence-corrected chi connectivity index (χ1v) is 16.2. The summed E-state index contributed by atoms with van der Waals surface area (Å²) in [6.07, 6.45) is 7.03. The molecule has 0 spiro atoms. The van der Waals surface area contributed by atoms with E-state index in [1.165, 1.54) is 77.3 Å². The van der Waals surface area contributed by atoms with Crippen LogP contribution in [-0.4, -0.2) is 9.13 Å². The Labute approximate surface area is 267 Å². The van der Waals surface area contributed by atoms with E-state index in [1.54, 1.807) is 0 Å². The molecule has 0 amide bonds. The van der Waals surface area contributed by atoms with Crippen molar-refractivity contribution in [1.29, 1.82) is 0 Å². The van der Waals surface area contributed by atoms with Crippen LogP contribution in [0.3, 0.4) is 0 Å². The first-order valence-electron chi connectivity index (χ1n) is 16.2. The normalized spacial score (nSPS) is 16.4. The van der Waals surface area contributed by atoms with E-state index in [1.807, 2.05) is 0 Å². The number of para-hydroxylation sites is 3. The maximum absolute atomic E-state index is 2.69. The molecule has 2 unspecified atom stereocenters. The van der Waals surface area contributed by atoms with Crippen LogP contribution in [0.15, 0.2) is 140 Å². The molecule has 10 rings (SSSR count). The van der Waals surface area contributed by atoms with Crippen LogP contribution in [0.2, 0.25) is 0 Å². The molecule has 0 saturated heterocycles. The zero-order valence-electron chi connectivity index (χ0n) is 25.9. The molecule has 2 aliphatic rings. The van der Waals surface area contributed by atoms with Crippen LogP contribution in [0.4, 0.5) is 0 Å². The van der Waals surface area contributed by atoms with Gasteiger partial charge in [-0.15, -0.1) is 0 Å². The lowest BCUT2D eigenvalue weighted by atomic mass is 9.81. The van der Waals surface area contributed by atoms with Crippen molar-refractivity contribution in [1.82, 2.24) is 9.13 Å². The van der Waals surface area contributed by atoms with E-state index in [-0.39, 0.29) is 12.0 Å². The highest BCUT2D eigenvalue weighted by Crippen LogP contribution is 2.52. The number of fused-ring (bicyclic) bond motifs is 15. The van der Waals surface area contributed by atoms with Crippen molar-refractivity contribution >= 4 is 38.8 Å². The first-order chi connectivity index (χ1) is 22.7.